The molecule has 6 rings (SSSR count). The first-order chi connectivity index (χ1) is 19.2. The molecule has 1 saturated heterocycles. The topological polar surface area (TPSA) is 207 Å². The standard InChI is InChI=1S/C29H44O12/c1-13-22(34)23(35)24(36)25(40-13)41-15-8-19(32)28(12-30)21-17(3-5-27(28,37)9-15)29(38)6-4-16(14-7-20(33)39-11-14)26(29,2)10-18(21)31/h7,13,15-19,21-25,30-32,34-38H,3-6,8-12H2,1-2H3/t13-,15-,16+,17-,18+,19+,21+,22+,23+,24+,25-,26+,27-,28+,29-/m0/s1. The van der Waals surface area contributed by atoms with E-state index in [0.717, 1.165) is 5.57 Å². The number of fused-ring (bicyclic) bond motifs is 5. The highest BCUT2D eigenvalue weighted by Crippen LogP contribution is 2.70. The van der Waals surface area contributed by atoms with Gasteiger partial charge < -0.3 is 55.1 Å². The fourth-order valence-corrected chi connectivity index (χ4v) is 10.1. The molecule has 0 amide bonds. The molecule has 15 atom stereocenters. The van der Waals surface area contributed by atoms with Crippen LogP contribution in [0.4, 0.5) is 0 Å². The molecule has 0 aromatic rings. The number of esters is 1. The number of rotatable bonds is 4. The van der Waals surface area contributed by atoms with E-state index in [1.54, 1.807) is 0 Å². The maximum atomic E-state index is 12.4. The minimum Gasteiger partial charge on any atom is -0.458 e. The first kappa shape index (κ1) is 29.9. The van der Waals surface area contributed by atoms with Gasteiger partial charge >= 0.3 is 5.97 Å². The van der Waals surface area contributed by atoms with Crippen molar-refractivity contribution in [1.29, 1.82) is 0 Å². The lowest BCUT2D eigenvalue weighted by Crippen LogP contribution is -2.76. The van der Waals surface area contributed by atoms with Gasteiger partial charge in [0.2, 0.25) is 0 Å². The highest BCUT2D eigenvalue weighted by molar-refractivity contribution is 5.85. The van der Waals surface area contributed by atoms with Gasteiger partial charge in [-0.3, -0.25) is 0 Å². The summed E-state index contributed by atoms with van der Waals surface area (Å²) in [5.41, 5.74) is -4.46. The van der Waals surface area contributed by atoms with E-state index >= 15 is 0 Å². The molecular weight excluding hydrogens is 540 g/mol. The second-order valence-electron chi connectivity index (χ2n) is 13.8. The van der Waals surface area contributed by atoms with Crippen LogP contribution in [0.15, 0.2) is 11.6 Å². The smallest absolute Gasteiger partial charge is 0.331 e. The van der Waals surface area contributed by atoms with Crippen molar-refractivity contribution in [3.63, 3.8) is 0 Å². The van der Waals surface area contributed by atoms with Crippen molar-refractivity contribution in [2.45, 2.75) is 119 Å². The number of aliphatic hydroxyl groups excluding tert-OH is 6. The molecule has 2 heterocycles. The minimum absolute atomic E-state index is 0.0369. The Morgan fingerprint density at radius 1 is 1.02 bits per heavy atom. The normalized spacial score (nSPS) is 56.9. The fraction of sp³-hybridized carbons (Fsp3) is 0.897. The molecule has 0 radical (unpaired) electrons. The Hall–Kier alpha value is -1.19. The van der Waals surface area contributed by atoms with Crippen molar-refractivity contribution in [2.75, 3.05) is 13.2 Å². The summed E-state index contributed by atoms with van der Waals surface area (Å²) in [4.78, 5) is 11.8. The van der Waals surface area contributed by atoms with Crippen LogP contribution in [-0.4, -0.2) is 120 Å². The lowest BCUT2D eigenvalue weighted by molar-refractivity contribution is -0.342. The first-order valence-corrected chi connectivity index (χ1v) is 14.9. The van der Waals surface area contributed by atoms with E-state index < -0.39 is 95.5 Å². The third-order valence-corrected chi connectivity index (χ3v) is 12.2. The number of ether oxygens (including phenoxy) is 3. The van der Waals surface area contributed by atoms with Gasteiger partial charge in [-0.15, -0.1) is 0 Å². The molecule has 0 unspecified atom stereocenters. The minimum atomic E-state index is -1.67. The number of hydrogen-bond donors (Lipinski definition) is 8. The zero-order valence-corrected chi connectivity index (χ0v) is 23.5. The van der Waals surface area contributed by atoms with Gasteiger partial charge in [-0.1, -0.05) is 6.92 Å². The molecule has 232 valence electrons. The Morgan fingerprint density at radius 3 is 2.41 bits per heavy atom. The predicted octanol–water partition coefficient (Wildman–Crippen LogP) is -1.51. The number of hydrogen-bond acceptors (Lipinski definition) is 12. The van der Waals surface area contributed by atoms with Crippen molar-refractivity contribution >= 4 is 5.97 Å². The summed E-state index contributed by atoms with van der Waals surface area (Å²) in [5.74, 6) is -1.93. The summed E-state index contributed by atoms with van der Waals surface area (Å²) in [6, 6.07) is 0. The molecule has 0 spiro atoms. The molecule has 12 nitrogen and oxygen atoms in total. The fourth-order valence-electron chi connectivity index (χ4n) is 10.1. The lowest BCUT2D eigenvalue weighted by atomic mass is 9.40. The maximum Gasteiger partial charge on any atom is 0.331 e. The van der Waals surface area contributed by atoms with E-state index in [1.807, 2.05) is 6.92 Å². The van der Waals surface area contributed by atoms with E-state index in [-0.39, 0.29) is 38.2 Å². The van der Waals surface area contributed by atoms with E-state index in [0.29, 0.717) is 19.3 Å². The second kappa shape index (κ2) is 9.91. The Kier molecular flexibility index (Phi) is 7.22. The first-order valence-electron chi connectivity index (χ1n) is 14.9. The number of cyclic esters (lactones) is 1. The largest absolute Gasteiger partial charge is 0.458 e. The molecule has 0 bridgehead atoms. The van der Waals surface area contributed by atoms with Crippen molar-refractivity contribution in [2.24, 2.45) is 28.6 Å². The van der Waals surface area contributed by atoms with E-state index in [4.69, 9.17) is 14.2 Å². The van der Waals surface area contributed by atoms with Crippen LogP contribution < -0.4 is 0 Å². The van der Waals surface area contributed by atoms with Crippen molar-refractivity contribution in [3.05, 3.63) is 11.6 Å². The third kappa shape index (κ3) is 3.99. The van der Waals surface area contributed by atoms with Crippen LogP contribution >= 0.6 is 0 Å². The Labute approximate surface area is 238 Å². The highest BCUT2D eigenvalue weighted by atomic mass is 16.7. The van der Waals surface area contributed by atoms with E-state index in [2.05, 4.69) is 0 Å². The molecule has 2 aliphatic heterocycles. The van der Waals surface area contributed by atoms with Crippen LogP contribution in [0.25, 0.3) is 0 Å². The molecule has 5 fully saturated rings. The molecule has 12 heteroatoms. The lowest BCUT2D eigenvalue weighted by Gasteiger charge is -2.68. The van der Waals surface area contributed by atoms with Crippen LogP contribution in [0.5, 0.6) is 0 Å². The second-order valence-corrected chi connectivity index (χ2v) is 13.8. The van der Waals surface area contributed by atoms with Gasteiger partial charge in [0.15, 0.2) is 6.29 Å². The zero-order valence-electron chi connectivity index (χ0n) is 23.5. The average Bonchev–Trinajstić information content (AvgIpc) is 3.45. The monoisotopic (exact) mass is 584 g/mol. The molecule has 0 aromatic carbocycles. The average molecular weight is 585 g/mol. The Bertz CT molecular complexity index is 1080. The highest BCUT2D eigenvalue weighted by Gasteiger charge is 2.75. The molecule has 41 heavy (non-hydrogen) atoms. The summed E-state index contributed by atoms with van der Waals surface area (Å²) in [6.45, 7) is 3.00. The van der Waals surface area contributed by atoms with Gasteiger partial charge in [-0.2, -0.15) is 0 Å². The number of carbonyl (C=O) groups is 1. The van der Waals surface area contributed by atoms with Gasteiger partial charge in [0, 0.05) is 30.3 Å². The zero-order chi connectivity index (χ0) is 29.7. The summed E-state index contributed by atoms with van der Waals surface area (Å²) < 4.78 is 16.7. The summed E-state index contributed by atoms with van der Waals surface area (Å²) in [5, 5.41) is 89.6. The van der Waals surface area contributed by atoms with Crippen molar-refractivity contribution in [1.82, 2.24) is 0 Å². The van der Waals surface area contributed by atoms with Crippen LogP contribution in [0.1, 0.15) is 58.8 Å². The molecule has 4 aliphatic carbocycles. The van der Waals surface area contributed by atoms with E-state index in [9.17, 15) is 45.6 Å². The summed E-state index contributed by atoms with van der Waals surface area (Å²) in [6.07, 6.45) is -6.68. The quantitative estimate of drug-likeness (QED) is 0.140. The maximum absolute atomic E-state index is 12.4. The van der Waals surface area contributed by atoms with Crippen LogP contribution in [0, 0.1) is 28.6 Å². The predicted molar refractivity (Wildman–Crippen MR) is 139 cm³/mol. The summed E-state index contributed by atoms with van der Waals surface area (Å²) in [7, 11) is 0. The molecule has 8 N–H and O–H groups in total. The van der Waals surface area contributed by atoms with Crippen LogP contribution in [-0.2, 0) is 19.0 Å². The number of carbonyl (C=O) groups excluding carboxylic acids is 1. The van der Waals surface area contributed by atoms with Crippen molar-refractivity contribution in [3.8, 4) is 0 Å². The van der Waals surface area contributed by atoms with Crippen LogP contribution in [0.2, 0.25) is 0 Å². The summed E-state index contributed by atoms with van der Waals surface area (Å²) >= 11 is 0. The molecule has 0 aromatic heterocycles. The SMILES string of the molecule is C[C@@H]1O[C@@H](O[C@H]2C[C@@H](O)[C@]3(CO)[C@H]4[C@H](O)C[C@]5(C)[C@@H](C6=CC(=O)OC6)CC[C@]5(O)[C@H]4CC[C@]3(O)C2)[C@H](O)[C@H](O)[C@@H]1O. The number of aliphatic hydroxyl groups is 8. The van der Waals surface area contributed by atoms with Gasteiger partial charge in [0.1, 0.15) is 24.9 Å². The third-order valence-electron chi connectivity index (χ3n) is 12.2. The van der Waals surface area contributed by atoms with Gasteiger partial charge in [0.25, 0.3) is 0 Å². The van der Waals surface area contributed by atoms with Crippen LogP contribution in [0.3, 0.4) is 0 Å². The molecule has 4 saturated carbocycles. The van der Waals surface area contributed by atoms with Gasteiger partial charge in [0.05, 0.1) is 47.6 Å². The van der Waals surface area contributed by atoms with Crippen molar-refractivity contribution < 1.29 is 59.9 Å². The van der Waals surface area contributed by atoms with E-state index in [1.165, 1.54) is 13.0 Å². The Morgan fingerprint density at radius 2 is 1.76 bits per heavy atom. The van der Waals surface area contributed by atoms with Gasteiger partial charge in [-0.05, 0) is 56.4 Å². The van der Waals surface area contributed by atoms with Gasteiger partial charge in [-0.25, -0.2) is 4.79 Å². The Balaban J connectivity index is 1.28. The molecule has 6 aliphatic rings. The molecular formula is C29H44O12.